The summed E-state index contributed by atoms with van der Waals surface area (Å²) in [6.45, 7) is 4.09. The molecule has 2 amide bonds. The van der Waals surface area contributed by atoms with E-state index in [4.69, 9.17) is 11.6 Å². The first-order chi connectivity index (χ1) is 10.9. The maximum atomic E-state index is 13.7. The third-order valence-electron chi connectivity index (χ3n) is 3.25. The molecule has 2 rings (SSSR count). The number of aromatic nitrogens is 3. The van der Waals surface area contributed by atoms with Crippen LogP contribution < -0.4 is 10.6 Å². The molecular formula is C15H19ClFN5O. The molecule has 2 N–H and O–H groups in total. The van der Waals surface area contributed by atoms with Crippen molar-refractivity contribution in [1.29, 1.82) is 0 Å². The number of aryl methyl sites for hydroxylation is 1. The highest BCUT2D eigenvalue weighted by Crippen LogP contribution is 2.21. The molecule has 0 unspecified atom stereocenters. The number of carbonyl (C=O) groups is 1. The number of halogens is 2. The number of hydrogen-bond acceptors (Lipinski definition) is 3. The maximum Gasteiger partial charge on any atom is 0.319 e. The average molecular weight is 340 g/mol. The second-order valence-electron chi connectivity index (χ2n) is 5.65. The van der Waals surface area contributed by atoms with Gasteiger partial charge in [0.15, 0.2) is 0 Å². The number of anilines is 1. The van der Waals surface area contributed by atoms with Crippen LogP contribution in [0.3, 0.4) is 0 Å². The predicted molar refractivity (Wildman–Crippen MR) is 86.8 cm³/mol. The Morgan fingerprint density at radius 1 is 1.43 bits per heavy atom. The fourth-order valence-corrected chi connectivity index (χ4v) is 2.39. The Hall–Kier alpha value is -2.15. The van der Waals surface area contributed by atoms with Crippen molar-refractivity contribution >= 4 is 23.3 Å². The molecule has 1 aromatic carbocycles. The molecule has 1 heterocycles. The van der Waals surface area contributed by atoms with Crippen LogP contribution in [0.5, 0.6) is 0 Å². The van der Waals surface area contributed by atoms with E-state index < -0.39 is 11.8 Å². The van der Waals surface area contributed by atoms with Gasteiger partial charge < -0.3 is 10.6 Å². The lowest BCUT2D eigenvalue weighted by molar-refractivity contribution is 0.245. The number of nitrogens with one attached hydrogen (secondary N) is 2. The molecule has 0 fully saturated rings. The largest absolute Gasteiger partial charge is 0.328 e. The van der Waals surface area contributed by atoms with Crippen molar-refractivity contribution in [2.45, 2.75) is 26.3 Å². The summed E-state index contributed by atoms with van der Waals surface area (Å²) in [6.07, 6.45) is 2.12. The highest BCUT2D eigenvalue weighted by molar-refractivity contribution is 6.30. The summed E-state index contributed by atoms with van der Waals surface area (Å²) >= 11 is 5.69. The molecule has 8 heteroatoms. The molecule has 23 heavy (non-hydrogen) atoms. The molecule has 0 spiro atoms. The lowest BCUT2D eigenvalue weighted by atomic mass is 10.0. The molecule has 0 radical (unpaired) electrons. The van der Waals surface area contributed by atoms with Gasteiger partial charge in [-0.3, -0.25) is 4.68 Å². The van der Waals surface area contributed by atoms with Gasteiger partial charge in [0.1, 0.15) is 18.0 Å². The number of benzene rings is 1. The molecule has 1 aromatic heterocycles. The van der Waals surface area contributed by atoms with Crippen LogP contribution in [-0.2, 0) is 7.05 Å². The van der Waals surface area contributed by atoms with E-state index in [9.17, 15) is 9.18 Å². The van der Waals surface area contributed by atoms with Crippen molar-refractivity contribution in [3.05, 3.63) is 41.2 Å². The normalized spacial score (nSPS) is 12.3. The Labute approximate surface area is 139 Å². The number of amides is 2. The lowest BCUT2D eigenvalue weighted by Gasteiger charge is -2.20. The Morgan fingerprint density at radius 2 is 2.17 bits per heavy atom. The van der Waals surface area contributed by atoms with Crippen LogP contribution in [-0.4, -0.2) is 20.8 Å². The van der Waals surface area contributed by atoms with Gasteiger partial charge in [0.25, 0.3) is 0 Å². The molecule has 2 aromatic rings. The number of carbonyl (C=O) groups excluding carboxylic acids is 1. The second-order valence-corrected chi connectivity index (χ2v) is 6.08. The minimum Gasteiger partial charge on any atom is -0.328 e. The van der Waals surface area contributed by atoms with Gasteiger partial charge in [0, 0.05) is 12.1 Å². The molecule has 0 saturated heterocycles. The van der Waals surface area contributed by atoms with E-state index in [-0.39, 0.29) is 16.8 Å². The molecule has 0 aliphatic rings. The number of nitrogens with zero attached hydrogens (tertiary/aromatic N) is 3. The Bertz CT molecular complexity index is 688. The monoisotopic (exact) mass is 339 g/mol. The fraction of sp³-hybridized carbons (Fsp3) is 0.400. The molecule has 6 nitrogen and oxygen atoms in total. The molecular weight excluding hydrogens is 321 g/mol. The van der Waals surface area contributed by atoms with Crippen molar-refractivity contribution in [2.24, 2.45) is 13.0 Å². The molecule has 0 bridgehead atoms. The third kappa shape index (κ3) is 4.66. The number of hydrogen-bond donors (Lipinski definition) is 2. The summed E-state index contributed by atoms with van der Waals surface area (Å²) in [5, 5.41) is 9.58. The summed E-state index contributed by atoms with van der Waals surface area (Å²) in [7, 11) is 1.76. The zero-order valence-electron chi connectivity index (χ0n) is 13.2. The molecule has 124 valence electrons. The minimum absolute atomic E-state index is 0.0631. The summed E-state index contributed by atoms with van der Waals surface area (Å²) in [5.41, 5.74) is 0.0631. The van der Waals surface area contributed by atoms with E-state index in [0.717, 1.165) is 6.07 Å². The van der Waals surface area contributed by atoms with Crippen LogP contribution in [0.15, 0.2) is 24.5 Å². The first-order valence-electron chi connectivity index (χ1n) is 7.23. The highest BCUT2D eigenvalue weighted by Gasteiger charge is 2.21. The maximum absolute atomic E-state index is 13.7. The minimum atomic E-state index is -0.591. The molecule has 1 atom stereocenters. The summed E-state index contributed by atoms with van der Waals surface area (Å²) < 4.78 is 15.3. The van der Waals surface area contributed by atoms with Crippen LogP contribution >= 0.6 is 11.6 Å². The summed E-state index contributed by atoms with van der Waals surface area (Å²) in [6, 6.07) is 3.23. The number of rotatable bonds is 5. The van der Waals surface area contributed by atoms with Gasteiger partial charge in [0.05, 0.1) is 11.7 Å². The average Bonchev–Trinajstić information content (AvgIpc) is 2.87. The van der Waals surface area contributed by atoms with Crippen molar-refractivity contribution in [1.82, 2.24) is 20.1 Å². The summed E-state index contributed by atoms with van der Waals surface area (Å²) in [4.78, 5) is 16.3. The van der Waals surface area contributed by atoms with Crippen molar-refractivity contribution in [3.63, 3.8) is 0 Å². The van der Waals surface area contributed by atoms with Gasteiger partial charge in [0.2, 0.25) is 0 Å². The van der Waals surface area contributed by atoms with Gasteiger partial charge in [-0.15, -0.1) is 0 Å². The topological polar surface area (TPSA) is 71.8 Å². The van der Waals surface area contributed by atoms with E-state index in [2.05, 4.69) is 20.7 Å². The molecule has 0 aliphatic heterocycles. The van der Waals surface area contributed by atoms with E-state index in [1.165, 1.54) is 18.5 Å². The molecule has 0 saturated carbocycles. The van der Waals surface area contributed by atoms with Gasteiger partial charge in [-0.25, -0.2) is 14.2 Å². The van der Waals surface area contributed by atoms with Crippen LogP contribution in [0, 0.1) is 11.7 Å². The zero-order valence-corrected chi connectivity index (χ0v) is 13.9. The van der Waals surface area contributed by atoms with E-state index in [1.807, 2.05) is 13.8 Å². The van der Waals surface area contributed by atoms with Crippen LogP contribution in [0.4, 0.5) is 14.9 Å². The van der Waals surface area contributed by atoms with E-state index >= 15 is 0 Å². The van der Waals surface area contributed by atoms with Gasteiger partial charge in [-0.05, 0) is 30.5 Å². The quantitative estimate of drug-likeness (QED) is 0.875. The van der Waals surface area contributed by atoms with Crippen LogP contribution in [0.1, 0.15) is 32.1 Å². The highest BCUT2D eigenvalue weighted by atomic mass is 35.5. The van der Waals surface area contributed by atoms with E-state index in [1.54, 1.807) is 11.7 Å². The van der Waals surface area contributed by atoms with Gasteiger partial charge in [-0.1, -0.05) is 25.4 Å². The lowest BCUT2D eigenvalue weighted by Crippen LogP contribution is -2.35. The second kappa shape index (κ2) is 7.41. The van der Waals surface area contributed by atoms with Gasteiger partial charge >= 0.3 is 6.03 Å². The van der Waals surface area contributed by atoms with Crippen molar-refractivity contribution in [3.8, 4) is 0 Å². The predicted octanol–water partition coefficient (Wildman–Crippen LogP) is 3.52. The Balaban J connectivity index is 2.10. The van der Waals surface area contributed by atoms with Crippen molar-refractivity contribution in [2.75, 3.05) is 5.32 Å². The standard InChI is InChI=1S/C15H19ClFN5O/c1-9(2)6-13(14-18-8-19-22(14)3)21-15(23)20-12-5-4-10(16)7-11(12)17/h4-5,7-9,13H,6H2,1-3H3,(H2,20,21,23)/t13-/m1/s1. The first-order valence-corrected chi connectivity index (χ1v) is 7.61. The number of urea groups is 1. The zero-order chi connectivity index (χ0) is 17.0. The van der Waals surface area contributed by atoms with Crippen molar-refractivity contribution < 1.29 is 9.18 Å². The Morgan fingerprint density at radius 3 is 2.74 bits per heavy atom. The Kier molecular flexibility index (Phi) is 5.54. The smallest absolute Gasteiger partial charge is 0.319 e. The first kappa shape index (κ1) is 17.2. The fourth-order valence-electron chi connectivity index (χ4n) is 2.23. The SMILES string of the molecule is CC(C)C[C@@H](NC(=O)Nc1ccc(Cl)cc1F)c1ncnn1C. The summed E-state index contributed by atoms with van der Waals surface area (Å²) in [5.74, 6) is 0.390. The van der Waals surface area contributed by atoms with Gasteiger partial charge in [-0.2, -0.15) is 5.10 Å². The molecule has 0 aliphatic carbocycles. The van der Waals surface area contributed by atoms with E-state index in [0.29, 0.717) is 18.2 Å². The van der Waals surface area contributed by atoms with Crippen LogP contribution in [0.25, 0.3) is 0 Å². The third-order valence-corrected chi connectivity index (χ3v) is 3.48. The van der Waals surface area contributed by atoms with Crippen LogP contribution in [0.2, 0.25) is 5.02 Å².